The van der Waals surface area contributed by atoms with Crippen molar-refractivity contribution in [3.63, 3.8) is 0 Å². The Morgan fingerprint density at radius 2 is 2.11 bits per heavy atom. The molecule has 0 fully saturated rings. The Hall–Kier alpha value is -0.980. The van der Waals surface area contributed by atoms with Gasteiger partial charge in [-0.1, -0.05) is 17.4 Å². The molecule has 19 heavy (non-hydrogen) atoms. The highest BCUT2D eigenvalue weighted by atomic mass is 32.2. The van der Waals surface area contributed by atoms with E-state index in [-0.39, 0.29) is 5.54 Å². The van der Waals surface area contributed by atoms with E-state index in [1.165, 1.54) is 5.56 Å². The molecule has 0 saturated carbocycles. The molecule has 0 saturated heterocycles. The summed E-state index contributed by atoms with van der Waals surface area (Å²) in [6.07, 6.45) is 1.82. The van der Waals surface area contributed by atoms with E-state index in [0.29, 0.717) is 0 Å². The summed E-state index contributed by atoms with van der Waals surface area (Å²) in [5.41, 5.74) is 1.28. The number of nitrogens with one attached hydrogen (secondary N) is 1. The van der Waals surface area contributed by atoms with Gasteiger partial charge in [0.05, 0.1) is 0 Å². The molecule has 2 aromatic rings. The van der Waals surface area contributed by atoms with Crippen LogP contribution in [0.3, 0.4) is 0 Å². The minimum Gasteiger partial charge on any atom is -0.308 e. The van der Waals surface area contributed by atoms with Crippen molar-refractivity contribution < 1.29 is 0 Å². The molecule has 0 aliphatic heterocycles. The van der Waals surface area contributed by atoms with Crippen LogP contribution in [0.4, 0.5) is 0 Å². The van der Waals surface area contributed by atoms with Crippen LogP contribution in [0.5, 0.6) is 0 Å². The molecule has 2 rings (SSSR count). The average molecular weight is 294 g/mol. The van der Waals surface area contributed by atoms with Gasteiger partial charge in [0.2, 0.25) is 0 Å². The van der Waals surface area contributed by atoms with Crippen molar-refractivity contribution in [2.45, 2.75) is 49.1 Å². The van der Waals surface area contributed by atoms with E-state index in [2.05, 4.69) is 47.3 Å². The van der Waals surface area contributed by atoms with Gasteiger partial charge in [-0.15, -0.1) is 10.2 Å². The molecule has 0 bridgehead atoms. The maximum Gasteiger partial charge on any atom is 0.180 e. The van der Waals surface area contributed by atoms with Gasteiger partial charge in [0.15, 0.2) is 4.34 Å². The number of aryl methyl sites for hydroxylation is 1. The summed E-state index contributed by atoms with van der Waals surface area (Å²) in [5.74, 6) is 0. The molecule has 0 radical (unpaired) electrons. The fourth-order valence-electron chi connectivity index (χ4n) is 1.41. The maximum atomic E-state index is 4.45. The lowest BCUT2D eigenvalue weighted by Crippen LogP contribution is -2.35. The SMILES string of the molecule is Cc1nnc(Sc2ncccc2CNC(C)(C)C)s1. The molecule has 0 aliphatic rings. The minimum absolute atomic E-state index is 0.0943. The standard InChI is InChI=1S/C13H18N4S2/c1-9-16-17-12(18-9)19-11-10(6-5-7-14-11)8-15-13(2,3)4/h5-7,15H,8H2,1-4H3. The lowest BCUT2D eigenvalue weighted by atomic mass is 10.1. The quantitative estimate of drug-likeness (QED) is 0.938. The Kier molecular flexibility index (Phi) is 4.54. The highest BCUT2D eigenvalue weighted by molar-refractivity contribution is 8.01. The van der Waals surface area contributed by atoms with Gasteiger partial charge in [-0.3, -0.25) is 0 Å². The number of nitrogens with zero attached hydrogens (tertiary/aromatic N) is 3. The van der Waals surface area contributed by atoms with Crippen molar-refractivity contribution >= 4 is 23.1 Å². The van der Waals surface area contributed by atoms with Crippen molar-refractivity contribution in [3.8, 4) is 0 Å². The zero-order valence-electron chi connectivity index (χ0n) is 11.6. The summed E-state index contributed by atoms with van der Waals surface area (Å²) in [4.78, 5) is 4.45. The molecule has 0 atom stereocenters. The number of hydrogen-bond acceptors (Lipinski definition) is 6. The Morgan fingerprint density at radius 1 is 1.32 bits per heavy atom. The van der Waals surface area contributed by atoms with Crippen LogP contribution in [-0.4, -0.2) is 20.7 Å². The lowest BCUT2D eigenvalue weighted by molar-refractivity contribution is 0.422. The zero-order chi connectivity index (χ0) is 13.9. The summed E-state index contributed by atoms with van der Waals surface area (Å²) in [6.45, 7) is 9.23. The van der Waals surface area contributed by atoms with Crippen LogP contribution in [0.2, 0.25) is 0 Å². The molecule has 0 amide bonds. The first kappa shape index (κ1) is 14.4. The number of pyridine rings is 1. The molecule has 102 valence electrons. The molecule has 0 unspecified atom stereocenters. The van der Waals surface area contributed by atoms with E-state index in [4.69, 9.17) is 0 Å². The predicted octanol–water partition coefficient (Wildman–Crippen LogP) is 3.28. The normalized spacial score (nSPS) is 11.8. The van der Waals surface area contributed by atoms with Crippen molar-refractivity contribution in [2.24, 2.45) is 0 Å². The summed E-state index contributed by atoms with van der Waals surface area (Å²) < 4.78 is 0.938. The summed E-state index contributed by atoms with van der Waals surface area (Å²) in [6, 6.07) is 4.07. The van der Waals surface area contributed by atoms with Gasteiger partial charge in [-0.05, 0) is 51.1 Å². The third kappa shape index (κ3) is 4.56. The topological polar surface area (TPSA) is 50.7 Å². The first-order valence-electron chi connectivity index (χ1n) is 6.11. The third-order valence-corrected chi connectivity index (χ3v) is 4.30. The lowest BCUT2D eigenvalue weighted by Gasteiger charge is -2.21. The van der Waals surface area contributed by atoms with Crippen molar-refractivity contribution in [3.05, 3.63) is 28.9 Å². The Morgan fingerprint density at radius 3 is 2.74 bits per heavy atom. The largest absolute Gasteiger partial charge is 0.308 e. The van der Waals surface area contributed by atoms with Gasteiger partial charge in [-0.2, -0.15) is 0 Å². The van der Waals surface area contributed by atoms with E-state index in [1.807, 2.05) is 19.2 Å². The Labute approximate surface area is 122 Å². The molecule has 6 heteroatoms. The summed E-state index contributed by atoms with van der Waals surface area (Å²) >= 11 is 3.17. The predicted molar refractivity (Wildman–Crippen MR) is 79.6 cm³/mol. The van der Waals surface area contributed by atoms with Crippen LogP contribution in [0.25, 0.3) is 0 Å². The third-order valence-electron chi connectivity index (χ3n) is 2.35. The number of rotatable bonds is 4. The van der Waals surface area contributed by atoms with Crippen LogP contribution in [0.15, 0.2) is 27.7 Å². The van der Waals surface area contributed by atoms with Crippen LogP contribution in [0, 0.1) is 6.92 Å². The highest BCUT2D eigenvalue weighted by Gasteiger charge is 2.12. The zero-order valence-corrected chi connectivity index (χ0v) is 13.2. The average Bonchev–Trinajstić information content (AvgIpc) is 2.73. The molecule has 0 spiro atoms. The van der Waals surface area contributed by atoms with E-state index in [9.17, 15) is 0 Å². The van der Waals surface area contributed by atoms with Crippen LogP contribution in [0.1, 0.15) is 31.3 Å². The van der Waals surface area contributed by atoms with Crippen LogP contribution in [-0.2, 0) is 6.54 Å². The van der Waals surface area contributed by atoms with Gasteiger partial charge in [0.25, 0.3) is 0 Å². The molecule has 1 N–H and O–H groups in total. The molecule has 2 heterocycles. The fraction of sp³-hybridized carbons (Fsp3) is 0.462. The van der Waals surface area contributed by atoms with E-state index in [1.54, 1.807) is 23.1 Å². The van der Waals surface area contributed by atoms with E-state index in [0.717, 1.165) is 20.9 Å². The molecule has 4 nitrogen and oxygen atoms in total. The number of aromatic nitrogens is 3. The van der Waals surface area contributed by atoms with Crippen LogP contribution < -0.4 is 5.32 Å². The van der Waals surface area contributed by atoms with E-state index >= 15 is 0 Å². The first-order valence-corrected chi connectivity index (χ1v) is 7.74. The van der Waals surface area contributed by atoms with Crippen molar-refractivity contribution in [2.75, 3.05) is 0 Å². The molecule has 2 aromatic heterocycles. The van der Waals surface area contributed by atoms with E-state index < -0.39 is 0 Å². The molecular weight excluding hydrogens is 276 g/mol. The summed E-state index contributed by atoms with van der Waals surface area (Å²) in [7, 11) is 0. The maximum absolute atomic E-state index is 4.45. The van der Waals surface area contributed by atoms with Gasteiger partial charge in [-0.25, -0.2) is 4.98 Å². The molecule has 0 aromatic carbocycles. The Bertz CT molecular complexity index is 546. The fourth-order valence-corrected chi connectivity index (χ4v) is 3.23. The van der Waals surface area contributed by atoms with Gasteiger partial charge in [0.1, 0.15) is 10.0 Å². The van der Waals surface area contributed by atoms with Gasteiger partial charge >= 0.3 is 0 Å². The van der Waals surface area contributed by atoms with Crippen LogP contribution >= 0.6 is 23.1 Å². The van der Waals surface area contributed by atoms with Crippen molar-refractivity contribution in [1.29, 1.82) is 0 Å². The van der Waals surface area contributed by atoms with Gasteiger partial charge < -0.3 is 5.32 Å². The molecule has 0 aliphatic carbocycles. The van der Waals surface area contributed by atoms with Gasteiger partial charge in [0, 0.05) is 18.3 Å². The Balaban J connectivity index is 2.12. The monoisotopic (exact) mass is 294 g/mol. The second-order valence-corrected chi connectivity index (χ2v) is 7.68. The van der Waals surface area contributed by atoms with Crippen molar-refractivity contribution in [1.82, 2.24) is 20.5 Å². The second-order valence-electron chi connectivity index (χ2n) is 5.26. The molecular formula is C13H18N4S2. The first-order chi connectivity index (χ1) is 8.94. The second kappa shape index (κ2) is 5.98. The highest BCUT2D eigenvalue weighted by Crippen LogP contribution is 2.30. The minimum atomic E-state index is 0.0943. The number of hydrogen-bond donors (Lipinski definition) is 1. The smallest absolute Gasteiger partial charge is 0.180 e. The summed E-state index contributed by atoms with van der Waals surface area (Å²) in [5, 5.41) is 13.6.